The highest BCUT2D eigenvalue weighted by Crippen LogP contribution is 2.37. The van der Waals surface area contributed by atoms with Crippen LogP contribution >= 0.6 is 11.3 Å². The molecule has 0 aliphatic heterocycles. The van der Waals surface area contributed by atoms with Crippen molar-refractivity contribution >= 4 is 16.3 Å². The van der Waals surface area contributed by atoms with Gasteiger partial charge in [-0.3, -0.25) is 4.40 Å². The predicted octanol–water partition coefficient (Wildman–Crippen LogP) is 3.91. The number of aryl methyl sites for hydroxylation is 1. The molecule has 2 aromatic rings. The van der Waals surface area contributed by atoms with Crippen LogP contribution in [0, 0.1) is 12.8 Å². The van der Waals surface area contributed by atoms with Gasteiger partial charge in [-0.05, 0) is 26.2 Å². The number of rotatable bonds is 3. The van der Waals surface area contributed by atoms with E-state index >= 15 is 0 Å². The van der Waals surface area contributed by atoms with E-state index in [4.69, 9.17) is 0 Å². The molecular weight excluding hydrogens is 299 g/mol. The van der Waals surface area contributed by atoms with Gasteiger partial charge in [0.05, 0.1) is 17.3 Å². The van der Waals surface area contributed by atoms with Crippen molar-refractivity contribution in [3.05, 3.63) is 23.0 Å². The zero-order chi connectivity index (χ0) is 15.0. The lowest BCUT2D eigenvalue weighted by atomic mass is 9.85. The Morgan fingerprint density at radius 3 is 3.00 bits per heavy atom. The van der Waals surface area contributed by atoms with Crippen molar-refractivity contribution in [2.45, 2.75) is 51.4 Å². The second-order valence-corrected chi connectivity index (χ2v) is 6.56. The summed E-state index contributed by atoms with van der Waals surface area (Å²) < 4.78 is 40.5. The summed E-state index contributed by atoms with van der Waals surface area (Å²) in [5.41, 5.74) is 1.98. The third-order valence-electron chi connectivity index (χ3n) is 4.26. The third kappa shape index (κ3) is 3.08. The number of nitrogens with zero attached hydrogens (tertiary/aromatic N) is 2. The molecule has 0 saturated heterocycles. The van der Waals surface area contributed by atoms with Gasteiger partial charge in [-0.1, -0.05) is 6.42 Å². The van der Waals surface area contributed by atoms with E-state index in [0.29, 0.717) is 13.0 Å². The topological polar surface area (TPSA) is 29.3 Å². The van der Waals surface area contributed by atoms with Crippen LogP contribution in [0.25, 0.3) is 4.96 Å². The first-order valence-electron chi connectivity index (χ1n) is 7.16. The highest BCUT2D eigenvalue weighted by atomic mass is 32.1. The van der Waals surface area contributed by atoms with Crippen LogP contribution in [0.1, 0.15) is 37.1 Å². The Bertz CT molecular complexity index is 617. The van der Waals surface area contributed by atoms with E-state index in [2.05, 4.69) is 10.3 Å². The fraction of sp³-hybridized carbons (Fsp3) is 0.643. The smallest absolute Gasteiger partial charge is 0.308 e. The van der Waals surface area contributed by atoms with E-state index in [1.54, 1.807) is 11.3 Å². The number of fused-ring (bicyclic) bond motifs is 1. The average molecular weight is 317 g/mol. The molecular formula is C14H18F3N3S. The number of hydrogen-bond acceptors (Lipinski definition) is 3. The normalized spacial score (nSPS) is 23.8. The zero-order valence-electron chi connectivity index (χ0n) is 11.8. The van der Waals surface area contributed by atoms with Crippen LogP contribution in [0.3, 0.4) is 0 Å². The van der Waals surface area contributed by atoms with Crippen LogP contribution < -0.4 is 5.32 Å². The first-order chi connectivity index (χ1) is 9.95. The van der Waals surface area contributed by atoms with Crippen LogP contribution in [0.5, 0.6) is 0 Å². The zero-order valence-corrected chi connectivity index (χ0v) is 12.6. The van der Waals surface area contributed by atoms with E-state index in [1.807, 2.05) is 22.9 Å². The third-order valence-corrected chi connectivity index (χ3v) is 5.01. The number of thiazole rings is 1. The molecule has 1 aliphatic carbocycles. The summed E-state index contributed by atoms with van der Waals surface area (Å²) in [7, 11) is 0. The van der Waals surface area contributed by atoms with Crippen molar-refractivity contribution < 1.29 is 13.2 Å². The molecule has 1 fully saturated rings. The van der Waals surface area contributed by atoms with Crippen molar-refractivity contribution in [3.8, 4) is 0 Å². The largest absolute Gasteiger partial charge is 0.391 e. The highest BCUT2D eigenvalue weighted by molar-refractivity contribution is 7.15. The fourth-order valence-corrected chi connectivity index (χ4v) is 3.85. The molecule has 2 unspecified atom stereocenters. The van der Waals surface area contributed by atoms with Gasteiger partial charge in [-0.15, -0.1) is 11.3 Å². The number of halogens is 3. The van der Waals surface area contributed by atoms with Gasteiger partial charge in [0.25, 0.3) is 0 Å². The summed E-state index contributed by atoms with van der Waals surface area (Å²) in [5, 5.41) is 5.26. The van der Waals surface area contributed by atoms with E-state index in [-0.39, 0.29) is 18.9 Å². The van der Waals surface area contributed by atoms with Crippen LogP contribution in [0.4, 0.5) is 13.2 Å². The van der Waals surface area contributed by atoms with Gasteiger partial charge in [0.15, 0.2) is 4.96 Å². The summed E-state index contributed by atoms with van der Waals surface area (Å²) in [6.07, 6.45) is -0.196. The molecule has 7 heteroatoms. The average Bonchev–Trinajstić information content (AvgIpc) is 2.97. The second kappa shape index (κ2) is 5.61. The number of hydrogen-bond donors (Lipinski definition) is 1. The molecule has 2 heterocycles. The monoisotopic (exact) mass is 317 g/mol. The molecule has 0 radical (unpaired) electrons. The van der Waals surface area contributed by atoms with Crippen molar-refractivity contribution in [2.24, 2.45) is 5.92 Å². The Kier molecular flexibility index (Phi) is 3.96. The molecule has 3 rings (SSSR count). The first-order valence-corrected chi connectivity index (χ1v) is 8.04. The van der Waals surface area contributed by atoms with Crippen LogP contribution in [-0.4, -0.2) is 21.6 Å². The Balaban J connectivity index is 1.65. The van der Waals surface area contributed by atoms with Crippen LogP contribution in [0.2, 0.25) is 0 Å². The van der Waals surface area contributed by atoms with Gasteiger partial charge in [0, 0.05) is 24.2 Å². The van der Waals surface area contributed by atoms with Gasteiger partial charge in [-0.2, -0.15) is 13.2 Å². The van der Waals surface area contributed by atoms with Gasteiger partial charge in [0.1, 0.15) is 0 Å². The standard InChI is InChI=1S/C14H18F3N3S/c1-9-12(20-5-6-21-13(20)19-9)8-18-11-4-2-3-10(7-11)14(15,16)17/h5-6,10-11,18H,2-4,7-8H2,1H3. The maximum Gasteiger partial charge on any atom is 0.391 e. The Hall–Kier alpha value is -1.08. The first kappa shape index (κ1) is 14.8. The molecule has 2 aromatic heterocycles. The van der Waals surface area contributed by atoms with E-state index in [0.717, 1.165) is 22.8 Å². The summed E-state index contributed by atoms with van der Waals surface area (Å²) in [6, 6.07) is -0.0611. The molecule has 116 valence electrons. The molecule has 0 amide bonds. The molecule has 1 aliphatic rings. The summed E-state index contributed by atoms with van der Waals surface area (Å²) in [4.78, 5) is 5.38. The van der Waals surface area contributed by atoms with Crippen LogP contribution in [0.15, 0.2) is 11.6 Å². The van der Waals surface area contributed by atoms with Crippen LogP contribution in [-0.2, 0) is 6.54 Å². The minimum atomic E-state index is -4.06. The van der Waals surface area contributed by atoms with Crippen molar-refractivity contribution in [3.63, 3.8) is 0 Å². The van der Waals surface area contributed by atoms with Crippen molar-refractivity contribution in [1.82, 2.24) is 14.7 Å². The summed E-state index contributed by atoms with van der Waals surface area (Å²) in [5.74, 6) is -1.16. The quantitative estimate of drug-likeness (QED) is 0.930. The van der Waals surface area contributed by atoms with Crippen molar-refractivity contribution in [1.29, 1.82) is 0 Å². The van der Waals surface area contributed by atoms with Gasteiger partial charge >= 0.3 is 6.18 Å². The predicted molar refractivity (Wildman–Crippen MR) is 76.4 cm³/mol. The van der Waals surface area contributed by atoms with Gasteiger partial charge in [-0.25, -0.2) is 4.98 Å². The molecule has 2 atom stereocenters. The lowest BCUT2D eigenvalue weighted by Gasteiger charge is -2.31. The molecule has 0 aromatic carbocycles. The molecule has 1 N–H and O–H groups in total. The lowest BCUT2D eigenvalue weighted by molar-refractivity contribution is -0.183. The SMILES string of the molecule is Cc1nc2sccn2c1CNC1CCCC(C(F)(F)F)C1. The number of imidazole rings is 1. The molecule has 3 nitrogen and oxygen atoms in total. The lowest BCUT2D eigenvalue weighted by Crippen LogP contribution is -2.38. The van der Waals surface area contributed by atoms with E-state index in [9.17, 15) is 13.2 Å². The summed E-state index contributed by atoms with van der Waals surface area (Å²) >= 11 is 1.56. The summed E-state index contributed by atoms with van der Waals surface area (Å²) in [6.45, 7) is 2.51. The Morgan fingerprint density at radius 1 is 1.43 bits per heavy atom. The maximum atomic E-state index is 12.8. The van der Waals surface area contributed by atoms with E-state index in [1.165, 1.54) is 0 Å². The maximum absolute atomic E-state index is 12.8. The number of nitrogens with one attached hydrogen (secondary N) is 1. The fourth-order valence-electron chi connectivity index (χ4n) is 3.07. The Labute approximate surface area is 125 Å². The van der Waals surface area contributed by atoms with E-state index < -0.39 is 12.1 Å². The second-order valence-electron chi connectivity index (χ2n) is 5.68. The Morgan fingerprint density at radius 2 is 2.24 bits per heavy atom. The molecule has 0 spiro atoms. The van der Waals surface area contributed by atoms with Gasteiger partial charge < -0.3 is 5.32 Å². The van der Waals surface area contributed by atoms with Gasteiger partial charge in [0.2, 0.25) is 0 Å². The minimum Gasteiger partial charge on any atom is -0.308 e. The number of aromatic nitrogens is 2. The molecule has 0 bridgehead atoms. The minimum absolute atomic E-state index is 0.0611. The number of alkyl halides is 3. The molecule has 21 heavy (non-hydrogen) atoms. The molecule has 1 saturated carbocycles. The highest BCUT2D eigenvalue weighted by Gasteiger charge is 2.42. The van der Waals surface area contributed by atoms with Crippen molar-refractivity contribution in [2.75, 3.05) is 0 Å².